The molecule has 0 amide bonds. The van der Waals surface area contributed by atoms with Gasteiger partial charge in [0, 0.05) is 12.2 Å². The van der Waals surface area contributed by atoms with E-state index in [0.717, 1.165) is 12.1 Å². The Bertz CT molecular complexity index is 603. The first kappa shape index (κ1) is 13.2. The van der Waals surface area contributed by atoms with Crippen LogP contribution in [-0.4, -0.2) is 13.2 Å². The number of hydrogen-bond acceptors (Lipinski definition) is 3. The maximum absolute atomic E-state index is 13.0. The van der Waals surface area contributed by atoms with Crippen LogP contribution in [0.1, 0.15) is 6.42 Å². The van der Waals surface area contributed by atoms with E-state index in [1.54, 1.807) is 16.8 Å². The zero-order chi connectivity index (χ0) is 13.8. The summed E-state index contributed by atoms with van der Waals surface area (Å²) >= 11 is 0. The SMILES string of the molecule is O=P1(Oc2ccccc2)OCCCN1c1ccccc1. The molecule has 1 atom stereocenters. The molecule has 4 nitrogen and oxygen atoms in total. The Morgan fingerprint density at radius 2 is 1.65 bits per heavy atom. The summed E-state index contributed by atoms with van der Waals surface area (Å²) in [5.74, 6) is 0.554. The summed E-state index contributed by atoms with van der Waals surface area (Å²) in [5, 5.41) is 0. The first-order valence-electron chi connectivity index (χ1n) is 6.60. The zero-order valence-electron chi connectivity index (χ0n) is 11.0. The second-order valence-electron chi connectivity index (χ2n) is 4.52. The molecule has 0 radical (unpaired) electrons. The van der Waals surface area contributed by atoms with Gasteiger partial charge in [-0.15, -0.1) is 0 Å². The Labute approximate surface area is 118 Å². The summed E-state index contributed by atoms with van der Waals surface area (Å²) in [5.41, 5.74) is 0.853. The fourth-order valence-corrected chi connectivity index (χ4v) is 3.99. The van der Waals surface area contributed by atoms with Gasteiger partial charge in [0.15, 0.2) is 0 Å². The van der Waals surface area contributed by atoms with Gasteiger partial charge >= 0.3 is 7.75 Å². The molecule has 20 heavy (non-hydrogen) atoms. The predicted octanol–water partition coefficient (Wildman–Crippen LogP) is 4.10. The van der Waals surface area contributed by atoms with Gasteiger partial charge in [-0.2, -0.15) is 0 Å². The second-order valence-corrected chi connectivity index (χ2v) is 6.38. The molecule has 1 aliphatic heterocycles. The molecule has 2 aromatic carbocycles. The zero-order valence-corrected chi connectivity index (χ0v) is 11.9. The number of nitrogens with zero attached hydrogens (tertiary/aromatic N) is 1. The minimum Gasteiger partial charge on any atom is -0.409 e. The summed E-state index contributed by atoms with van der Waals surface area (Å²) in [7, 11) is -3.33. The van der Waals surface area contributed by atoms with Crippen LogP contribution in [0.2, 0.25) is 0 Å². The summed E-state index contributed by atoms with van der Waals surface area (Å²) < 4.78 is 25.9. The smallest absolute Gasteiger partial charge is 0.409 e. The van der Waals surface area contributed by atoms with Gasteiger partial charge in [0.05, 0.1) is 6.61 Å². The molecule has 1 unspecified atom stereocenters. The van der Waals surface area contributed by atoms with Gasteiger partial charge in [0.25, 0.3) is 0 Å². The average Bonchev–Trinajstić information content (AvgIpc) is 2.49. The van der Waals surface area contributed by atoms with Crippen molar-refractivity contribution < 1.29 is 13.6 Å². The molecule has 3 rings (SSSR count). The molecule has 0 spiro atoms. The Morgan fingerprint density at radius 1 is 1.00 bits per heavy atom. The lowest BCUT2D eigenvalue weighted by atomic mass is 10.3. The van der Waals surface area contributed by atoms with Crippen molar-refractivity contribution >= 4 is 13.4 Å². The van der Waals surface area contributed by atoms with Crippen LogP contribution < -0.4 is 9.19 Å². The van der Waals surface area contributed by atoms with Crippen LogP contribution in [-0.2, 0) is 9.09 Å². The monoisotopic (exact) mass is 289 g/mol. The molecule has 0 bridgehead atoms. The second kappa shape index (κ2) is 5.70. The van der Waals surface area contributed by atoms with Gasteiger partial charge in [0.2, 0.25) is 0 Å². The largest absolute Gasteiger partial charge is 0.489 e. The molecular formula is C15H16NO3P. The number of benzene rings is 2. The van der Waals surface area contributed by atoms with Gasteiger partial charge in [0.1, 0.15) is 5.75 Å². The Hall–Kier alpha value is -1.77. The Morgan fingerprint density at radius 3 is 2.35 bits per heavy atom. The lowest BCUT2D eigenvalue weighted by molar-refractivity contribution is 0.242. The van der Waals surface area contributed by atoms with Crippen LogP contribution >= 0.6 is 7.75 Å². The van der Waals surface area contributed by atoms with E-state index < -0.39 is 7.75 Å². The Kier molecular flexibility index (Phi) is 3.77. The first-order valence-corrected chi connectivity index (χ1v) is 8.10. The van der Waals surface area contributed by atoms with E-state index in [0.29, 0.717) is 18.9 Å². The fourth-order valence-electron chi connectivity index (χ4n) is 2.15. The minimum atomic E-state index is -3.33. The molecule has 1 heterocycles. The van der Waals surface area contributed by atoms with E-state index >= 15 is 0 Å². The molecule has 1 saturated heterocycles. The highest BCUT2D eigenvalue weighted by Gasteiger charge is 2.38. The Balaban J connectivity index is 1.90. The van der Waals surface area contributed by atoms with E-state index in [2.05, 4.69) is 0 Å². The third kappa shape index (κ3) is 2.72. The third-order valence-electron chi connectivity index (χ3n) is 3.08. The van der Waals surface area contributed by atoms with E-state index in [4.69, 9.17) is 9.05 Å². The normalized spacial score (nSPS) is 22.5. The number of rotatable bonds is 3. The number of para-hydroxylation sites is 2. The molecule has 1 aliphatic rings. The number of anilines is 1. The summed E-state index contributed by atoms with van der Waals surface area (Å²) in [6.07, 6.45) is 0.830. The highest BCUT2D eigenvalue weighted by Crippen LogP contribution is 2.55. The van der Waals surface area contributed by atoms with Crippen molar-refractivity contribution in [1.82, 2.24) is 0 Å². The molecule has 5 heteroatoms. The quantitative estimate of drug-likeness (QED) is 0.797. The van der Waals surface area contributed by atoms with Crippen molar-refractivity contribution in [3.05, 3.63) is 60.7 Å². The van der Waals surface area contributed by atoms with Crippen molar-refractivity contribution in [2.24, 2.45) is 0 Å². The average molecular weight is 289 g/mol. The van der Waals surface area contributed by atoms with Crippen LogP contribution in [0.15, 0.2) is 60.7 Å². The van der Waals surface area contributed by atoms with E-state index in [-0.39, 0.29) is 0 Å². The van der Waals surface area contributed by atoms with Crippen molar-refractivity contribution in [3.8, 4) is 5.75 Å². The minimum absolute atomic E-state index is 0.452. The fraction of sp³-hybridized carbons (Fsp3) is 0.200. The summed E-state index contributed by atoms with van der Waals surface area (Å²) in [6.45, 7) is 1.11. The van der Waals surface area contributed by atoms with Gasteiger partial charge in [-0.25, -0.2) is 4.57 Å². The summed E-state index contributed by atoms with van der Waals surface area (Å²) in [6, 6.07) is 18.7. The van der Waals surface area contributed by atoms with Crippen molar-refractivity contribution in [2.75, 3.05) is 17.8 Å². The third-order valence-corrected chi connectivity index (χ3v) is 5.06. The number of hydrogen-bond donors (Lipinski definition) is 0. The van der Waals surface area contributed by atoms with Crippen molar-refractivity contribution in [1.29, 1.82) is 0 Å². The van der Waals surface area contributed by atoms with Gasteiger partial charge in [-0.1, -0.05) is 36.4 Å². The van der Waals surface area contributed by atoms with Gasteiger partial charge in [-0.05, 0) is 30.7 Å². The maximum atomic E-state index is 13.0. The molecule has 0 aromatic heterocycles. The lowest BCUT2D eigenvalue weighted by Crippen LogP contribution is -2.30. The molecule has 0 saturated carbocycles. The van der Waals surface area contributed by atoms with Crippen LogP contribution in [0.4, 0.5) is 5.69 Å². The molecular weight excluding hydrogens is 273 g/mol. The molecule has 1 fully saturated rings. The van der Waals surface area contributed by atoms with Gasteiger partial charge < -0.3 is 4.52 Å². The van der Waals surface area contributed by atoms with Crippen LogP contribution in [0.5, 0.6) is 5.75 Å². The molecule has 0 N–H and O–H groups in total. The lowest BCUT2D eigenvalue weighted by Gasteiger charge is -2.35. The van der Waals surface area contributed by atoms with Crippen LogP contribution in [0.25, 0.3) is 0 Å². The molecule has 2 aromatic rings. The van der Waals surface area contributed by atoms with E-state index in [1.165, 1.54) is 0 Å². The van der Waals surface area contributed by atoms with Gasteiger partial charge in [-0.3, -0.25) is 9.19 Å². The van der Waals surface area contributed by atoms with E-state index in [9.17, 15) is 4.57 Å². The highest BCUT2D eigenvalue weighted by molar-refractivity contribution is 7.56. The maximum Gasteiger partial charge on any atom is 0.489 e. The topological polar surface area (TPSA) is 38.8 Å². The highest BCUT2D eigenvalue weighted by atomic mass is 31.2. The van der Waals surface area contributed by atoms with E-state index in [1.807, 2.05) is 48.5 Å². The standard InChI is InChI=1S/C15H16NO3P/c17-20(19-15-10-5-2-6-11-15)16(12-7-13-18-20)14-8-3-1-4-9-14/h1-6,8-11H,7,12-13H2. The first-order chi connectivity index (χ1) is 9.78. The van der Waals surface area contributed by atoms with Crippen molar-refractivity contribution in [3.63, 3.8) is 0 Å². The molecule has 104 valence electrons. The van der Waals surface area contributed by atoms with Crippen LogP contribution in [0, 0.1) is 0 Å². The van der Waals surface area contributed by atoms with Crippen molar-refractivity contribution in [2.45, 2.75) is 6.42 Å². The molecule has 0 aliphatic carbocycles. The van der Waals surface area contributed by atoms with Crippen LogP contribution in [0.3, 0.4) is 0 Å². The summed E-state index contributed by atoms with van der Waals surface area (Å²) in [4.78, 5) is 0. The predicted molar refractivity (Wildman–Crippen MR) is 79.0 cm³/mol.